The highest BCUT2D eigenvalue weighted by atomic mass is 19.4. The van der Waals surface area contributed by atoms with Crippen molar-refractivity contribution in [3.05, 3.63) is 11.7 Å². The summed E-state index contributed by atoms with van der Waals surface area (Å²) in [6.07, 6.45) is -4.83. The quantitative estimate of drug-likeness (QED) is 0.827. The zero-order valence-corrected chi connectivity index (χ0v) is 7.38. The number of rotatable bonds is 3. The Morgan fingerprint density at radius 2 is 2.14 bits per heavy atom. The van der Waals surface area contributed by atoms with Crippen LogP contribution in [0.2, 0.25) is 0 Å². The van der Waals surface area contributed by atoms with Gasteiger partial charge in [0.25, 0.3) is 0 Å². The van der Waals surface area contributed by atoms with Crippen LogP contribution in [-0.2, 0) is 6.18 Å². The maximum absolute atomic E-state index is 12.0. The Labute approximate surface area is 77.7 Å². The van der Waals surface area contributed by atoms with Crippen LogP contribution in [0.5, 0.6) is 0 Å². The van der Waals surface area contributed by atoms with E-state index in [1.807, 2.05) is 0 Å². The molecule has 1 heterocycles. The highest BCUT2D eigenvalue weighted by Crippen LogP contribution is 2.28. The second-order valence-electron chi connectivity index (χ2n) is 2.76. The molecule has 0 aromatic carbocycles. The molecule has 0 bridgehead atoms. The monoisotopic (exact) mass is 210 g/mol. The maximum atomic E-state index is 12.0. The number of aliphatic hydroxyl groups is 1. The van der Waals surface area contributed by atoms with Gasteiger partial charge in [-0.05, 0) is 6.42 Å². The van der Waals surface area contributed by atoms with Crippen LogP contribution in [0.1, 0.15) is 37.6 Å². The maximum Gasteiger partial charge on any atom is 0.471 e. The summed E-state index contributed by atoms with van der Waals surface area (Å²) < 4.78 is 39.9. The average molecular weight is 210 g/mol. The van der Waals surface area contributed by atoms with Gasteiger partial charge >= 0.3 is 12.1 Å². The molecule has 14 heavy (non-hydrogen) atoms. The number of aliphatic hydroxyl groups excluding tert-OH is 1. The molecule has 1 atom stereocenters. The van der Waals surface area contributed by atoms with Crippen molar-refractivity contribution in [3.8, 4) is 0 Å². The molecule has 7 heteroatoms. The van der Waals surface area contributed by atoms with Gasteiger partial charge in [0.05, 0.1) is 0 Å². The van der Waals surface area contributed by atoms with Crippen LogP contribution in [0, 0.1) is 0 Å². The Bertz CT molecular complexity index is 297. The minimum absolute atomic E-state index is 0.302. The van der Waals surface area contributed by atoms with E-state index >= 15 is 0 Å². The Morgan fingerprint density at radius 1 is 1.50 bits per heavy atom. The standard InChI is InChI=1S/C7H9F3N2O2/c1-2-3-4(13)5-11-6(14-12-5)7(8,9)10/h4,13H,2-3H2,1H3. The molecule has 0 aliphatic rings. The van der Waals surface area contributed by atoms with Crippen molar-refractivity contribution in [1.82, 2.24) is 10.1 Å². The summed E-state index contributed by atoms with van der Waals surface area (Å²) >= 11 is 0. The zero-order chi connectivity index (χ0) is 10.8. The van der Waals surface area contributed by atoms with Gasteiger partial charge in [-0.25, -0.2) is 0 Å². The fourth-order valence-corrected chi connectivity index (χ4v) is 0.888. The lowest BCUT2D eigenvalue weighted by atomic mass is 10.2. The van der Waals surface area contributed by atoms with Gasteiger partial charge in [-0.3, -0.25) is 0 Å². The SMILES string of the molecule is CCCC(O)c1noc(C(F)(F)F)n1. The number of alkyl halides is 3. The molecular weight excluding hydrogens is 201 g/mol. The summed E-state index contributed by atoms with van der Waals surface area (Å²) in [5, 5.41) is 12.3. The molecule has 1 unspecified atom stereocenters. The number of hydrogen-bond donors (Lipinski definition) is 1. The molecule has 1 N–H and O–H groups in total. The Kier molecular flexibility index (Phi) is 3.10. The molecule has 1 aromatic rings. The number of aromatic nitrogens is 2. The molecule has 80 valence electrons. The predicted molar refractivity (Wildman–Crippen MR) is 39.2 cm³/mol. The van der Waals surface area contributed by atoms with Crippen LogP contribution in [-0.4, -0.2) is 15.2 Å². The van der Waals surface area contributed by atoms with Gasteiger partial charge in [-0.15, -0.1) is 0 Å². The van der Waals surface area contributed by atoms with Gasteiger partial charge in [0.15, 0.2) is 0 Å². The molecule has 0 radical (unpaired) electrons. The first-order valence-corrected chi connectivity index (χ1v) is 4.04. The van der Waals surface area contributed by atoms with Crippen molar-refractivity contribution in [3.63, 3.8) is 0 Å². The molecule has 0 fully saturated rings. The van der Waals surface area contributed by atoms with Crippen molar-refractivity contribution in [2.45, 2.75) is 32.0 Å². The van der Waals surface area contributed by atoms with Gasteiger partial charge in [-0.1, -0.05) is 18.5 Å². The summed E-state index contributed by atoms with van der Waals surface area (Å²) in [7, 11) is 0. The predicted octanol–water partition coefficient (Wildman–Crippen LogP) is 1.92. The number of nitrogens with zero attached hydrogens (tertiary/aromatic N) is 2. The van der Waals surface area contributed by atoms with E-state index < -0.39 is 18.2 Å². The van der Waals surface area contributed by atoms with Crippen LogP contribution in [0.15, 0.2) is 4.52 Å². The minimum atomic E-state index is -4.66. The fraction of sp³-hybridized carbons (Fsp3) is 0.714. The van der Waals surface area contributed by atoms with Crippen LogP contribution in [0.3, 0.4) is 0 Å². The fourth-order valence-electron chi connectivity index (χ4n) is 0.888. The Hall–Kier alpha value is -1.11. The normalized spacial score (nSPS) is 14.4. The molecule has 1 aromatic heterocycles. The number of hydrogen-bond acceptors (Lipinski definition) is 4. The van der Waals surface area contributed by atoms with Gasteiger partial charge in [0, 0.05) is 0 Å². The lowest BCUT2D eigenvalue weighted by Gasteiger charge is -2.01. The molecule has 0 saturated heterocycles. The first-order valence-electron chi connectivity index (χ1n) is 4.04. The first-order chi connectivity index (χ1) is 6.45. The molecular formula is C7H9F3N2O2. The summed E-state index contributed by atoms with van der Waals surface area (Å²) in [5.74, 6) is -1.75. The van der Waals surface area contributed by atoms with Crippen LogP contribution < -0.4 is 0 Å². The van der Waals surface area contributed by atoms with Crippen molar-refractivity contribution in [2.24, 2.45) is 0 Å². The van der Waals surface area contributed by atoms with Crippen molar-refractivity contribution in [2.75, 3.05) is 0 Å². The molecule has 1 rings (SSSR count). The number of halogens is 3. The second-order valence-corrected chi connectivity index (χ2v) is 2.76. The highest BCUT2D eigenvalue weighted by Gasteiger charge is 2.38. The van der Waals surface area contributed by atoms with Gasteiger partial charge in [0.2, 0.25) is 5.82 Å². The Morgan fingerprint density at radius 3 is 2.57 bits per heavy atom. The van der Waals surface area contributed by atoms with E-state index in [9.17, 15) is 18.3 Å². The average Bonchev–Trinajstić information content (AvgIpc) is 2.51. The highest BCUT2D eigenvalue weighted by molar-refractivity contribution is 4.93. The van der Waals surface area contributed by atoms with E-state index in [0.29, 0.717) is 12.8 Å². The molecule has 0 saturated carbocycles. The molecule has 0 aliphatic heterocycles. The van der Waals surface area contributed by atoms with Crippen molar-refractivity contribution >= 4 is 0 Å². The zero-order valence-electron chi connectivity index (χ0n) is 7.38. The van der Waals surface area contributed by atoms with Crippen molar-refractivity contribution in [1.29, 1.82) is 0 Å². The van der Waals surface area contributed by atoms with E-state index in [1.54, 1.807) is 6.92 Å². The summed E-state index contributed by atoms with van der Waals surface area (Å²) in [6, 6.07) is 0. The van der Waals surface area contributed by atoms with Gasteiger partial charge < -0.3 is 9.63 Å². The largest absolute Gasteiger partial charge is 0.471 e. The van der Waals surface area contributed by atoms with E-state index in [1.165, 1.54) is 0 Å². The van der Waals surface area contributed by atoms with Crippen LogP contribution in [0.25, 0.3) is 0 Å². The third kappa shape index (κ3) is 2.44. The first kappa shape index (κ1) is 11.0. The van der Waals surface area contributed by atoms with E-state index in [4.69, 9.17) is 0 Å². The minimum Gasteiger partial charge on any atom is -0.385 e. The van der Waals surface area contributed by atoms with Crippen LogP contribution >= 0.6 is 0 Å². The third-order valence-electron chi connectivity index (χ3n) is 1.54. The Balaban J connectivity index is 2.78. The summed E-state index contributed by atoms with van der Waals surface area (Å²) in [6.45, 7) is 1.79. The molecule has 0 amide bonds. The molecule has 0 aliphatic carbocycles. The van der Waals surface area contributed by atoms with E-state index in [2.05, 4.69) is 14.7 Å². The van der Waals surface area contributed by atoms with Crippen molar-refractivity contribution < 1.29 is 22.8 Å². The lowest BCUT2D eigenvalue weighted by molar-refractivity contribution is -0.159. The van der Waals surface area contributed by atoms with Gasteiger partial charge in [0.1, 0.15) is 6.10 Å². The topological polar surface area (TPSA) is 59.2 Å². The van der Waals surface area contributed by atoms with Gasteiger partial charge in [-0.2, -0.15) is 18.2 Å². The molecule has 0 spiro atoms. The van der Waals surface area contributed by atoms with E-state index in [-0.39, 0.29) is 5.82 Å². The van der Waals surface area contributed by atoms with E-state index in [0.717, 1.165) is 0 Å². The smallest absolute Gasteiger partial charge is 0.385 e. The lowest BCUT2D eigenvalue weighted by Crippen LogP contribution is -2.06. The molecule has 4 nitrogen and oxygen atoms in total. The second kappa shape index (κ2) is 3.95. The summed E-state index contributed by atoms with van der Waals surface area (Å²) in [4.78, 5) is 3.05. The third-order valence-corrected chi connectivity index (χ3v) is 1.54. The summed E-state index contributed by atoms with van der Waals surface area (Å²) in [5.41, 5.74) is 0. The van der Waals surface area contributed by atoms with Crippen LogP contribution in [0.4, 0.5) is 13.2 Å².